The van der Waals surface area contributed by atoms with Crippen molar-refractivity contribution in [2.75, 3.05) is 6.61 Å². The van der Waals surface area contributed by atoms with Crippen molar-refractivity contribution >= 4 is 23.5 Å². The number of benzene rings is 2. The summed E-state index contributed by atoms with van der Waals surface area (Å²) in [5, 5.41) is 25.1. The number of non-ortho nitro benzene ring substituents is 1. The highest BCUT2D eigenvalue weighted by Gasteiger charge is 2.37. The standard InChI is InChI=1S/C20H21N3O7/c1-13(21-18(25)14-7-6-8-15(11-14)23(28)29)17(24)22-20(2,19(26)27)12-30-16-9-4-3-5-10-16/h3-11,13H,12H2,1-2H3,(H,21,25)(H,22,24)(H,26,27)/t13-,20+/m1/s1. The molecule has 0 aromatic heterocycles. The first-order valence-corrected chi connectivity index (χ1v) is 8.91. The van der Waals surface area contributed by atoms with Crippen molar-refractivity contribution in [1.82, 2.24) is 10.6 Å². The van der Waals surface area contributed by atoms with Crippen molar-refractivity contribution in [2.45, 2.75) is 25.4 Å². The lowest BCUT2D eigenvalue weighted by Gasteiger charge is -2.28. The van der Waals surface area contributed by atoms with E-state index in [-0.39, 0.29) is 17.9 Å². The molecule has 2 aromatic carbocycles. The van der Waals surface area contributed by atoms with Gasteiger partial charge in [-0.1, -0.05) is 24.3 Å². The van der Waals surface area contributed by atoms with E-state index in [1.807, 2.05) is 0 Å². The average molecular weight is 415 g/mol. The van der Waals surface area contributed by atoms with E-state index in [1.165, 1.54) is 32.0 Å². The van der Waals surface area contributed by atoms with Gasteiger partial charge < -0.3 is 20.5 Å². The van der Waals surface area contributed by atoms with E-state index in [2.05, 4.69) is 10.6 Å². The van der Waals surface area contributed by atoms with Crippen LogP contribution in [-0.4, -0.2) is 46.0 Å². The van der Waals surface area contributed by atoms with Gasteiger partial charge in [-0.3, -0.25) is 19.7 Å². The lowest BCUT2D eigenvalue weighted by atomic mass is 10.0. The number of carboxylic acid groups (broad SMARTS) is 1. The molecular weight excluding hydrogens is 394 g/mol. The SMILES string of the molecule is C[C@@H](NC(=O)c1cccc([N+](=O)[O-])c1)C(=O)N[C@@](C)(COc1ccccc1)C(=O)O. The fourth-order valence-corrected chi connectivity index (χ4v) is 2.38. The fraction of sp³-hybridized carbons (Fsp3) is 0.250. The van der Waals surface area contributed by atoms with Crippen LogP contribution in [0.2, 0.25) is 0 Å². The summed E-state index contributed by atoms with van der Waals surface area (Å²) in [7, 11) is 0. The van der Waals surface area contributed by atoms with Crippen molar-refractivity contribution in [2.24, 2.45) is 0 Å². The Kier molecular flexibility index (Phi) is 7.08. The number of carboxylic acids is 1. The molecule has 2 rings (SSSR count). The molecule has 0 spiro atoms. The maximum absolute atomic E-state index is 12.5. The number of nitrogens with zero attached hydrogens (tertiary/aromatic N) is 1. The number of nitrogens with one attached hydrogen (secondary N) is 2. The van der Waals surface area contributed by atoms with Crippen molar-refractivity contribution in [3.8, 4) is 5.75 Å². The molecule has 0 fully saturated rings. The first kappa shape index (κ1) is 22.3. The molecule has 0 saturated heterocycles. The van der Waals surface area contributed by atoms with Crippen LogP contribution in [0.15, 0.2) is 54.6 Å². The van der Waals surface area contributed by atoms with Gasteiger partial charge in [0.15, 0.2) is 5.54 Å². The molecule has 0 unspecified atom stereocenters. The predicted molar refractivity (Wildman–Crippen MR) is 106 cm³/mol. The Labute approximate surface area is 172 Å². The number of rotatable bonds is 9. The van der Waals surface area contributed by atoms with Gasteiger partial charge in [0, 0.05) is 17.7 Å². The Morgan fingerprint density at radius 3 is 2.43 bits per heavy atom. The van der Waals surface area contributed by atoms with Crippen LogP contribution < -0.4 is 15.4 Å². The maximum atomic E-state index is 12.5. The van der Waals surface area contributed by atoms with E-state index in [1.54, 1.807) is 30.3 Å². The van der Waals surface area contributed by atoms with Gasteiger partial charge in [-0.05, 0) is 32.0 Å². The van der Waals surface area contributed by atoms with Crippen LogP contribution in [0.1, 0.15) is 24.2 Å². The minimum atomic E-state index is -1.75. The molecule has 0 aliphatic carbocycles. The molecule has 0 bridgehead atoms. The molecule has 3 N–H and O–H groups in total. The van der Waals surface area contributed by atoms with E-state index < -0.39 is 34.3 Å². The highest BCUT2D eigenvalue weighted by molar-refractivity contribution is 5.98. The zero-order chi connectivity index (χ0) is 22.3. The summed E-state index contributed by atoms with van der Waals surface area (Å²) in [6.45, 7) is 2.31. The molecule has 30 heavy (non-hydrogen) atoms. The van der Waals surface area contributed by atoms with Gasteiger partial charge in [-0.15, -0.1) is 0 Å². The first-order valence-electron chi connectivity index (χ1n) is 8.91. The molecule has 2 aromatic rings. The summed E-state index contributed by atoms with van der Waals surface area (Å²) < 4.78 is 5.45. The summed E-state index contributed by atoms with van der Waals surface area (Å²) >= 11 is 0. The minimum absolute atomic E-state index is 0.00254. The molecule has 0 aliphatic rings. The smallest absolute Gasteiger partial charge is 0.332 e. The number of hydrogen-bond acceptors (Lipinski definition) is 6. The van der Waals surface area contributed by atoms with E-state index >= 15 is 0 Å². The summed E-state index contributed by atoms with van der Waals surface area (Å²) in [4.78, 5) is 46.6. The second-order valence-electron chi connectivity index (χ2n) is 6.73. The van der Waals surface area contributed by atoms with Crippen molar-refractivity contribution in [1.29, 1.82) is 0 Å². The van der Waals surface area contributed by atoms with Crippen LogP contribution in [0.25, 0.3) is 0 Å². The van der Waals surface area contributed by atoms with Gasteiger partial charge in [-0.2, -0.15) is 0 Å². The number of amides is 2. The van der Waals surface area contributed by atoms with E-state index in [4.69, 9.17) is 4.74 Å². The summed E-state index contributed by atoms with van der Waals surface area (Å²) in [6.07, 6.45) is 0. The number of nitro groups is 1. The largest absolute Gasteiger partial charge is 0.491 e. The monoisotopic (exact) mass is 415 g/mol. The average Bonchev–Trinajstić information content (AvgIpc) is 2.72. The highest BCUT2D eigenvalue weighted by Crippen LogP contribution is 2.14. The first-order chi connectivity index (χ1) is 14.1. The van der Waals surface area contributed by atoms with Crippen LogP contribution in [0.3, 0.4) is 0 Å². The lowest BCUT2D eigenvalue weighted by Crippen LogP contribution is -2.60. The molecule has 10 heteroatoms. The van der Waals surface area contributed by atoms with Crippen LogP contribution in [-0.2, 0) is 9.59 Å². The highest BCUT2D eigenvalue weighted by atomic mass is 16.6. The zero-order valence-corrected chi connectivity index (χ0v) is 16.3. The number of hydrogen-bond donors (Lipinski definition) is 3. The van der Waals surface area contributed by atoms with Gasteiger partial charge in [0.2, 0.25) is 5.91 Å². The van der Waals surface area contributed by atoms with Crippen molar-refractivity contribution < 1.29 is 29.2 Å². The Hall–Kier alpha value is -3.95. The van der Waals surface area contributed by atoms with Crippen LogP contribution in [0.5, 0.6) is 5.75 Å². The van der Waals surface area contributed by atoms with E-state index in [0.29, 0.717) is 5.75 Å². The van der Waals surface area contributed by atoms with Gasteiger partial charge >= 0.3 is 5.97 Å². The second-order valence-corrected chi connectivity index (χ2v) is 6.73. The molecule has 2 amide bonds. The topological polar surface area (TPSA) is 148 Å². The number of carbonyl (C=O) groups is 3. The number of nitro benzene ring substituents is 1. The molecule has 0 heterocycles. The van der Waals surface area contributed by atoms with Gasteiger partial charge in [0.25, 0.3) is 11.6 Å². The number of ether oxygens (including phenoxy) is 1. The van der Waals surface area contributed by atoms with Gasteiger partial charge in [-0.25, -0.2) is 4.79 Å². The predicted octanol–water partition coefficient (Wildman–Crippen LogP) is 1.75. The summed E-state index contributed by atoms with van der Waals surface area (Å²) in [5.41, 5.74) is -2.02. The van der Waals surface area contributed by atoms with Crippen LogP contribution in [0.4, 0.5) is 5.69 Å². The Morgan fingerprint density at radius 1 is 1.17 bits per heavy atom. The zero-order valence-electron chi connectivity index (χ0n) is 16.3. The molecule has 0 aliphatic heterocycles. The number of carbonyl (C=O) groups excluding carboxylic acids is 2. The summed E-state index contributed by atoms with van der Waals surface area (Å²) in [5.74, 6) is -2.34. The Morgan fingerprint density at radius 2 is 1.83 bits per heavy atom. The van der Waals surface area contributed by atoms with Crippen LogP contribution in [0, 0.1) is 10.1 Å². The minimum Gasteiger partial charge on any atom is -0.491 e. The molecule has 0 radical (unpaired) electrons. The Balaban J connectivity index is 2.02. The summed E-state index contributed by atoms with van der Waals surface area (Å²) in [6, 6.07) is 12.4. The normalized spacial score (nSPS) is 13.4. The van der Waals surface area contributed by atoms with Gasteiger partial charge in [0.05, 0.1) is 4.92 Å². The van der Waals surface area contributed by atoms with Crippen molar-refractivity contribution in [3.63, 3.8) is 0 Å². The Bertz CT molecular complexity index is 948. The third-order valence-corrected chi connectivity index (χ3v) is 4.20. The van der Waals surface area contributed by atoms with Crippen molar-refractivity contribution in [3.05, 3.63) is 70.3 Å². The number of aliphatic carboxylic acids is 1. The van der Waals surface area contributed by atoms with Crippen LogP contribution >= 0.6 is 0 Å². The molecule has 0 saturated carbocycles. The lowest BCUT2D eigenvalue weighted by molar-refractivity contribution is -0.384. The maximum Gasteiger partial charge on any atom is 0.332 e. The third kappa shape index (κ3) is 5.77. The molecular formula is C20H21N3O7. The molecule has 10 nitrogen and oxygen atoms in total. The quantitative estimate of drug-likeness (QED) is 0.417. The number of para-hydroxylation sites is 1. The molecule has 158 valence electrons. The fourth-order valence-electron chi connectivity index (χ4n) is 2.38. The third-order valence-electron chi connectivity index (χ3n) is 4.20. The molecule has 2 atom stereocenters. The second kappa shape index (κ2) is 9.50. The van der Waals surface area contributed by atoms with E-state index in [0.717, 1.165) is 6.07 Å². The van der Waals surface area contributed by atoms with Gasteiger partial charge in [0.1, 0.15) is 18.4 Å². The van der Waals surface area contributed by atoms with E-state index in [9.17, 15) is 29.6 Å².